The maximum absolute atomic E-state index is 13.4. The van der Waals surface area contributed by atoms with Gasteiger partial charge < -0.3 is 20.4 Å². The largest absolute Gasteiger partial charge is 0.396 e. The van der Waals surface area contributed by atoms with Crippen LogP contribution in [0.4, 0.5) is 14.9 Å². The molecule has 1 aromatic rings. The molecule has 0 aromatic heterocycles. The van der Waals surface area contributed by atoms with Gasteiger partial charge in [-0.15, -0.1) is 0 Å². The summed E-state index contributed by atoms with van der Waals surface area (Å²) in [6.45, 7) is 1.31. The number of urea groups is 1. The Bertz CT molecular complexity index is 436. The molecule has 1 rings (SSSR count). The predicted octanol–water partition coefficient (Wildman–Crippen LogP) is 1.28. The number of carbonyl (C=O) groups is 1. The molecule has 5 nitrogen and oxygen atoms in total. The first-order valence-electron chi connectivity index (χ1n) is 5.90. The van der Waals surface area contributed by atoms with E-state index in [0.29, 0.717) is 0 Å². The molecule has 19 heavy (non-hydrogen) atoms. The minimum Gasteiger partial charge on any atom is -0.396 e. The van der Waals surface area contributed by atoms with Crippen LogP contribution in [-0.4, -0.2) is 48.0 Å². The van der Waals surface area contributed by atoms with Crippen molar-refractivity contribution in [1.82, 2.24) is 4.90 Å². The van der Waals surface area contributed by atoms with Gasteiger partial charge in [0.1, 0.15) is 5.82 Å². The highest BCUT2D eigenvalue weighted by atomic mass is 19.1. The van der Waals surface area contributed by atoms with Gasteiger partial charge in [0.05, 0.1) is 18.9 Å². The van der Waals surface area contributed by atoms with Crippen LogP contribution in [0.3, 0.4) is 0 Å². The third-order valence-electron chi connectivity index (χ3n) is 2.84. The zero-order valence-electron chi connectivity index (χ0n) is 11.1. The Labute approximate surface area is 111 Å². The highest BCUT2D eigenvalue weighted by Crippen LogP contribution is 2.17. The number of amides is 2. The van der Waals surface area contributed by atoms with E-state index in [2.05, 4.69) is 5.32 Å². The predicted molar refractivity (Wildman–Crippen MR) is 70.3 cm³/mol. The zero-order chi connectivity index (χ0) is 14.5. The van der Waals surface area contributed by atoms with Crippen molar-refractivity contribution < 1.29 is 19.4 Å². The molecule has 1 aromatic carbocycles. The fraction of sp³-hybridized carbons (Fsp3) is 0.462. The van der Waals surface area contributed by atoms with Gasteiger partial charge in [-0.05, 0) is 12.1 Å². The molecule has 0 heterocycles. The van der Waals surface area contributed by atoms with Crippen molar-refractivity contribution >= 4 is 11.7 Å². The standard InChI is InChI=1S/C13H19FN2O3/c1-13(8-17,9-18)7-16(2)12(19)15-11-6-4-3-5-10(11)14/h3-6,17-18H,7-9H2,1-2H3,(H,15,19). The van der Waals surface area contributed by atoms with E-state index in [0.717, 1.165) is 0 Å². The van der Waals surface area contributed by atoms with E-state index in [1.165, 1.54) is 30.1 Å². The number of rotatable bonds is 5. The van der Waals surface area contributed by atoms with Crippen molar-refractivity contribution in [1.29, 1.82) is 0 Å². The summed E-state index contributed by atoms with van der Waals surface area (Å²) in [4.78, 5) is 13.1. The Balaban J connectivity index is 2.66. The van der Waals surface area contributed by atoms with Crippen LogP contribution in [0.2, 0.25) is 0 Å². The van der Waals surface area contributed by atoms with Crippen molar-refractivity contribution in [2.45, 2.75) is 6.92 Å². The second-order valence-electron chi connectivity index (χ2n) is 4.89. The first kappa shape index (κ1) is 15.4. The Hall–Kier alpha value is -1.66. The summed E-state index contributed by atoms with van der Waals surface area (Å²) in [6, 6.07) is 5.35. The van der Waals surface area contributed by atoms with Crippen molar-refractivity contribution in [3.05, 3.63) is 30.1 Å². The third kappa shape index (κ3) is 4.18. The lowest BCUT2D eigenvalue weighted by atomic mass is 9.92. The van der Waals surface area contributed by atoms with E-state index >= 15 is 0 Å². The van der Waals surface area contributed by atoms with Crippen molar-refractivity contribution in [3.8, 4) is 0 Å². The average molecular weight is 270 g/mol. The lowest BCUT2D eigenvalue weighted by molar-refractivity contribution is 0.0509. The van der Waals surface area contributed by atoms with Gasteiger partial charge in [-0.2, -0.15) is 0 Å². The first-order chi connectivity index (χ1) is 8.91. The quantitative estimate of drug-likeness (QED) is 0.754. The van der Waals surface area contributed by atoms with Crippen LogP contribution in [0.5, 0.6) is 0 Å². The summed E-state index contributed by atoms with van der Waals surface area (Å²) in [5.41, 5.74) is -0.699. The number of hydrogen-bond acceptors (Lipinski definition) is 3. The summed E-state index contributed by atoms with van der Waals surface area (Å²) in [6.07, 6.45) is 0. The molecule has 0 unspecified atom stereocenters. The minimum absolute atomic E-state index is 0.0917. The normalized spacial score (nSPS) is 11.2. The van der Waals surface area contributed by atoms with Crippen LogP contribution in [0.15, 0.2) is 24.3 Å². The summed E-state index contributed by atoms with van der Waals surface area (Å²) in [5, 5.41) is 20.8. The number of aliphatic hydroxyl groups excluding tert-OH is 2. The van der Waals surface area contributed by atoms with E-state index in [4.69, 9.17) is 0 Å². The number of benzene rings is 1. The van der Waals surface area contributed by atoms with E-state index in [9.17, 15) is 19.4 Å². The molecule has 0 saturated heterocycles. The van der Waals surface area contributed by atoms with Crippen LogP contribution in [-0.2, 0) is 0 Å². The molecule has 0 aliphatic rings. The van der Waals surface area contributed by atoms with Gasteiger partial charge in [0.2, 0.25) is 0 Å². The topological polar surface area (TPSA) is 72.8 Å². The van der Waals surface area contributed by atoms with E-state index in [1.807, 2.05) is 0 Å². The van der Waals surface area contributed by atoms with Crippen LogP contribution >= 0.6 is 0 Å². The molecule has 0 fully saturated rings. The summed E-state index contributed by atoms with van der Waals surface area (Å²) in [5.74, 6) is -0.517. The summed E-state index contributed by atoms with van der Waals surface area (Å²) < 4.78 is 13.4. The van der Waals surface area contributed by atoms with Crippen LogP contribution in [0.1, 0.15) is 6.92 Å². The van der Waals surface area contributed by atoms with Crippen LogP contribution in [0, 0.1) is 11.2 Å². The molecular formula is C13H19FN2O3. The molecule has 0 saturated carbocycles. The SMILES string of the molecule is CN(CC(C)(CO)CO)C(=O)Nc1ccccc1F. The van der Waals surface area contributed by atoms with Crippen molar-refractivity contribution in [2.24, 2.45) is 5.41 Å². The van der Waals surface area contributed by atoms with Crippen LogP contribution < -0.4 is 5.32 Å². The Morgan fingerprint density at radius 1 is 1.37 bits per heavy atom. The van der Waals surface area contributed by atoms with Gasteiger partial charge in [-0.3, -0.25) is 0 Å². The molecule has 0 radical (unpaired) electrons. The number of anilines is 1. The smallest absolute Gasteiger partial charge is 0.321 e. The summed E-state index contributed by atoms with van der Waals surface area (Å²) >= 11 is 0. The van der Waals surface area contributed by atoms with E-state index in [-0.39, 0.29) is 25.4 Å². The van der Waals surface area contributed by atoms with Gasteiger partial charge >= 0.3 is 6.03 Å². The lowest BCUT2D eigenvalue weighted by Gasteiger charge is -2.30. The Kier molecular flexibility index (Phi) is 5.26. The van der Waals surface area contributed by atoms with Gasteiger partial charge in [0.15, 0.2) is 0 Å². The fourth-order valence-electron chi connectivity index (χ4n) is 1.57. The number of nitrogens with zero attached hydrogens (tertiary/aromatic N) is 1. The Morgan fingerprint density at radius 3 is 2.47 bits per heavy atom. The molecule has 0 aliphatic heterocycles. The van der Waals surface area contributed by atoms with Gasteiger partial charge in [0, 0.05) is 19.0 Å². The Morgan fingerprint density at radius 2 is 1.95 bits per heavy atom. The highest BCUT2D eigenvalue weighted by Gasteiger charge is 2.26. The lowest BCUT2D eigenvalue weighted by Crippen LogP contribution is -2.43. The van der Waals surface area contributed by atoms with Gasteiger partial charge in [-0.25, -0.2) is 9.18 Å². The second kappa shape index (κ2) is 6.49. The van der Waals surface area contributed by atoms with E-state index < -0.39 is 17.3 Å². The molecule has 0 spiro atoms. The number of halogens is 1. The third-order valence-corrected chi connectivity index (χ3v) is 2.84. The highest BCUT2D eigenvalue weighted by molar-refractivity contribution is 5.89. The average Bonchev–Trinajstić information content (AvgIpc) is 2.41. The summed E-state index contributed by atoms with van der Waals surface area (Å²) in [7, 11) is 1.51. The number of nitrogens with one attached hydrogen (secondary N) is 1. The number of aliphatic hydroxyl groups is 2. The molecule has 6 heteroatoms. The van der Waals surface area contributed by atoms with Gasteiger partial charge in [0.25, 0.3) is 0 Å². The maximum atomic E-state index is 13.4. The van der Waals surface area contributed by atoms with E-state index in [1.54, 1.807) is 13.0 Å². The molecular weight excluding hydrogens is 251 g/mol. The van der Waals surface area contributed by atoms with Gasteiger partial charge in [-0.1, -0.05) is 19.1 Å². The first-order valence-corrected chi connectivity index (χ1v) is 5.90. The second-order valence-corrected chi connectivity index (χ2v) is 4.89. The van der Waals surface area contributed by atoms with Crippen LogP contribution in [0.25, 0.3) is 0 Å². The number of carbonyl (C=O) groups excluding carboxylic acids is 1. The molecule has 106 valence electrons. The number of hydrogen-bond donors (Lipinski definition) is 3. The molecule has 2 amide bonds. The molecule has 0 aliphatic carbocycles. The van der Waals surface area contributed by atoms with Crippen molar-refractivity contribution in [3.63, 3.8) is 0 Å². The fourth-order valence-corrected chi connectivity index (χ4v) is 1.57. The zero-order valence-corrected chi connectivity index (χ0v) is 11.1. The van der Waals surface area contributed by atoms with Crippen molar-refractivity contribution in [2.75, 3.05) is 32.1 Å². The molecule has 0 atom stereocenters. The molecule has 0 bridgehead atoms. The minimum atomic E-state index is -0.790. The monoisotopic (exact) mass is 270 g/mol. The maximum Gasteiger partial charge on any atom is 0.321 e. The molecule has 3 N–H and O–H groups in total. The number of para-hydroxylation sites is 1.